The van der Waals surface area contributed by atoms with Gasteiger partial charge in [0, 0.05) is 43.7 Å². The molecule has 3 rings (SSSR count). The van der Waals surface area contributed by atoms with Gasteiger partial charge in [0.05, 0.1) is 5.52 Å². The lowest BCUT2D eigenvalue weighted by molar-refractivity contribution is 0.766. The second kappa shape index (κ2) is 7.05. The Morgan fingerprint density at radius 1 is 1.04 bits per heavy atom. The lowest BCUT2D eigenvalue weighted by Gasteiger charge is -2.16. The monoisotopic (exact) mass is 335 g/mol. The maximum atomic E-state index is 4.71. The molecular formula is C20H25N5. The number of aryl methyl sites for hydroxylation is 1. The molecule has 25 heavy (non-hydrogen) atoms. The van der Waals surface area contributed by atoms with Gasteiger partial charge in [-0.05, 0) is 24.6 Å². The van der Waals surface area contributed by atoms with Crippen molar-refractivity contribution in [3.05, 3.63) is 53.5 Å². The highest BCUT2D eigenvalue weighted by Crippen LogP contribution is 2.23. The largest absolute Gasteiger partial charge is 0.366 e. The fourth-order valence-electron chi connectivity index (χ4n) is 2.73. The second-order valence-corrected chi connectivity index (χ2v) is 6.81. The first-order valence-electron chi connectivity index (χ1n) is 8.59. The Labute approximate surface area is 149 Å². The van der Waals surface area contributed by atoms with Crippen molar-refractivity contribution in [1.29, 1.82) is 0 Å². The van der Waals surface area contributed by atoms with Gasteiger partial charge < -0.3 is 10.2 Å². The van der Waals surface area contributed by atoms with Gasteiger partial charge in [0.2, 0.25) is 0 Å². The molecule has 2 heterocycles. The summed E-state index contributed by atoms with van der Waals surface area (Å²) in [4.78, 5) is 15.9. The molecule has 0 amide bonds. The molecule has 0 spiro atoms. The Bertz CT molecular complexity index is 886. The maximum absolute atomic E-state index is 4.71. The molecule has 130 valence electrons. The first-order valence-corrected chi connectivity index (χ1v) is 8.59. The van der Waals surface area contributed by atoms with Crippen LogP contribution in [0.3, 0.4) is 0 Å². The predicted molar refractivity (Wildman–Crippen MR) is 104 cm³/mol. The minimum atomic E-state index is 0.308. The van der Waals surface area contributed by atoms with E-state index < -0.39 is 0 Å². The van der Waals surface area contributed by atoms with Crippen molar-refractivity contribution in [2.75, 3.05) is 24.3 Å². The van der Waals surface area contributed by atoms with Crippen LogP contribution in [0.4, 0.5) is 11.6 Å². The van der Waals surface area contributed by atoms with Gasteiger partial charge >= 0.3 is 0 Å². The van der Waals surface area contributed by atoms with Crippen LogP contribution in [0.5, 0.6) is 0 Å². The number of aromatic nitrogens is 3. The maximum Gasteiger partial charge on any atom is 0.133 e. The van der Waals surface area contributed by atoms with Gasteiger partial charge in [-0.3, -0.25) is 0 Å². The second-order valence-electron chi connectivity index (χ2n) is 6.81. The summed E-state index contributed by atoms with van der Waals surface area (Å²) < 4.78 is 0. The minimum absolute atomic E-state index is 0.308. The smallest absolute Gasteiger partial charge is 0.133 e. The molecule has 0 fully saturated rings. The van der Waals surface area contributed by atoms with Crippen molar-refractivity contribution >= 4 is 22.5 Å². The fraction of sp³-hybridized carbons (Fsp3) is 0.350. The number of anilines is 2. The Morgan fingerprint density at radius 2 is 1.80 bits per heavy atom. The SMILES string of the molecule is Cc1cc(NCc2cc(N(C)C)nc3ccccc23)nc(C(C)C)n1. The van der Waals surface area contributed by atoms with Crippen LogP contribution in [0.25, 0.3) is 10.9 Å². The Hall–Kier alpha value is -2.69. The van der Waals surface area contributed by atoms with Crippen LogP contribution in [-0.4, -0.2) is 29.0 Å². The number of nitrogens with one attached hydrogen (secondary N) is 1. The number of fused-ring (bicyclic) bond motifs is 1. The topological polar surface area (TPSA) is 53.9 Å². The third-order valence-electron chi connectivity index (χ3n) is 4.09. The van der Waals surface area contributed by atoms with E-state index in [1.54, 1.807) is 0 Å². The third-order valence-corrected chi connectivity index (χ3v) is 4.09. The first-order chi connectivity index (χ1) is 11.9. The lowest BCUT2D eigenvalue weighted by Crippen LogP contribution is -2.12. The number of nitrogens with zero attached hydrogens (tertiary/aromatic N) is 4. The number of hydrogen-bond donors (Lipinski definition) is 1. The van der Waals surface area contributed by atoms with Crippen molar-refractivity contribution in [2.45, 2.75) is 33.2 Å². The van der Waals surface area contributed by atoms with Crippen molar-refractivity contribution in [3.63, 3.8) is 0 Å². The normalized spacial score (nSPS) is 11.1. The standard InChI is InChI=1S/C20H25N5/c1-13(2)20-22-14(3)10-18(24-20)21-12-15-11-19(25(4)5)23-17-9-7-6-8-16(15)17/h6-11,13H,12H2,1-5H3,(H,21,22,24). The quantitative estimate of drug-likeness (QED) is 0.759. The molecule has 0 bridgehead atoms. The van der Waals surface area contributed by atoms with Crippen molar-refractivity contribution < 1.29 is 0 Å². The van der Waals surface area contributed by atoms with Gasteiger partial charge in [-0.25, -0.2) is 15.0 Å². The lowest BCUT2D eigenvalue weighted by atomic mass is 10.1. The van der Waals surface area contributed by atoms with Crippen LogP contribution >= 0.6 is 0 Å². The van der Waals surface area contributed by atoms with Gasteiger partial charge in [-0.15, -0.1) is 0 Å². The molecule has 1 aromatic carbocycles. The number of para-hydroxylation sites is 1. The molecule has 5 nitrogen and oxygen atoms in total. The van der Waals surface area contributed by atoms with E-state index in [2.05, 4.69) is 53.4 Å². The number of hydrogen-bond acceptors (Lipinski definition) is 5. The number of rotatable bonds is 5. The van der Waals surface area contributed by atoms with Crippen LogP contribution in [0.2, 0.25) is 0 Å². The predicted octanol–water partition coefficient (Wildman–Crippen LogP) is 4.13. The van der Waals surface area contributed by atoms with Crippen LogP contribution < -0.4 is 10.2 Å². The van der Waals surface area contributed by atoms with E-state index in [1.165, 1.54) is 5.56 Å². The van der Waals surface area contributed by atoms with Crippen molar-refractivity contribution in [2.24, 2.45) is 0 Å². The van der Waals surface area contributed by atoms with Gasteiger partial charge in [-0.2, -0.15) is 0 Å². The molecule has 0 radical (unpaired) electrons. The van der Waals surface area contributed by atoms with Crippen LogP contribution in [0.15, 0.2) is 36.4 Å². The zero-order valence-electron chi connectivity index (χ0n) is 15.5. The summed E-state index contributed by atoms with van der Waals surface area (Å²) in [5.41, 5.74) is 3.19. The first kappa shape index (κ1) is 17.1. The Balaban J connectivity index is 1.93. The van der Waals surface area contributed by atoms with Gasteiger partial charge in [-0.1, -0.05) is 32.0 Å². The van der Waals surface area contributed by atoms with E-state index in [1.807, 2.05) is 38.1 Å². The van der Waals surface area contributed by atoms with Gasteiger partial charge in [0.1, 0.15) is 17.5 Å². The molecule has 0 saturated carbocycles. The third kappa shape index (κ3) is 3.87. The molecule has 0 saturated heterocycles. The highest BCUT2D eigenvalue weighted by molar-refractivity contribution is 5.84. The average molecular weight is 335 g/mol. The van der Waals surface area contributed by atoms with E-state index in [4.69, 9.17) is 4.98 Å². The summed E-state index contributed by atoms with van der Waals surface area (Å²) in [6, 6.07) is 12.4. The van der Waals surface area contributed by atoms with Gasteiger partial charge in [0.15, 0.2) is 0 Å². The molecule has 0 aliphatic heterocycles. The minimum Gasteiger partial charge on any atom is -0.366 e. The molecule has 0 unspecified atom stereocenters. The van der Waals surface area contributed by atoms with Crippen LogP contribution in [-0.2, 0) is 6.54 Å². The summed E-state index contributed by atoms with van der Waals surface area (Å²) in [6.07, 6.45) is 0. The fourth-order valence-corrected chi connectivity index (χ4v) is 2.73. The zero-order chi connectivity index (χ0) is 18.0. The average Bonchev–Trinajstić information content (AvgIpc) is 2.58. The molecule has 0 aliphatic carbocycles. The molecule has 1 N–H and O–H groups in total. The Morgan fingerprint density at radius 3 is 2.52 bits per heavy atom. The number of pyridine rings is 1. The molecular weight excluding hydrogens is 310 g/mol. The van der Waals surface area contributed by atoms with E-state index in [-0.39, 0.29) is 0 Å². The summed E-state index contributed by atoms with van der Waals surface area (Å²) in [6.45, 7) is 6.92. The zero-order valence-corrected chi connectivity index (χ0v) is 15.5. The Kier molecular flexibility index (Phi) is 4.83. The van der Waals surface area contributed by atoms with E-state index in [0.717, 1.165) is 34.1 Å². The number of benzene rings is 1. The highest BCUT2D eigenvalue weighted by Gasteiger charge is 2.09. The van der Waals surface area contributed by atoms with Crippen LogP contribution in [0, 0.1) is 6.92 Å². The van der Waals surface area contributed by atoms with Crippen molar-refractivity contribution in [1.82, 2.24) is 15.0 Å². The molecule has 2 aromatic heterocycles. The summed E-state index contributed by atoms with van der Waals surface area (Å²) in [5.74, 6) is 3.00. The molecule has 5 heteroatoms. The van der Waals surface area contributed by atoms with Crippen LogP contribution in [0.1, 0.15) is 36.8 Å². The van der Waals surface area contributed by atoms with E-state index >= 15 is 0 Å². The van der Waals surface area contributed by atoms with E-state index in [9.17, 15) is 0 Å². The summed E-state index contributed by atoms with van der Waals surface area (Å²) >= 11 is 0. The molecule has 3 aromatic rings. The highest BCUT2D eigenvalue weighted by atomic mass is 15.1. The molecule has 0 aliphatic rings. The summed E-state index contributed by atoms with van der Waals surface area (Å²) in [5, 5.41) is 4.62. The molecule has 0 atom stereocenters. The van der Waals surface area contributed by atoms with Crippen molar-refractivity contribution in [3.8, 4) is 0 Å². The summed E-state index contributed by atoms with van der Waals surface area (Å²) in [7, 11) is 4.02. The van der Waals surface area contributed by atoms with Gasteiger partial charge in [0.25, 0.3) is 0 Å². The van der Waals surface area contributed by atoms with E-state index in [0.29, 0.717) is 12.5 Å².